The van der Waals surface area contributed by atoms with Crippen LogP contribution in [0.15, 0.2) is 29.2 Å². The standard InChI is InChI=1S/C18H26FNS/c1-2-20-16(11-15-10-13-7-8-14(15)9-13)12-21-18-6-4-3-5-17(18)19/h3-6,13-16,20H,2,7-12H2,1H3. The number of rotatable bonds is 7. The van der Waals surface area contributed by atoms with Crippen molar-refractivity contribution in [3.63, 3.8) is 0 Å². The lowest BCUT2D eigenvalue weighted by Crippen LogP contribution is -2.34. The highest BCUT2D eigenvalue weighted by molar-refractivity contribution is 7.99. The molecule has 1 N–H and O–H groups in total. The summed E-state index contributed by atoms with van der Waals surface area (Å²) >= 11 is 1.66. The van der Waals surface area contributed by atoms with Crippen molar-refractivity contribution in [3.8, 4) is 0 Å². The van der Waals surface area contributed by atoms with Crippen molar-refractivity contribution in [2.24, 2.45) is 17.8 Å². The van der Waals surface area contributed by atoms with Crippen LogP contribution >= 0.6 is 11.8 Å². The maximum absolute atomic E-state index is 13.7. The summed E-state index contributed by atoms with van der Waals surface area (Å²) in [6.45, 7) is 3.17. The van der Waals surface area contributed by atoms with E-state index in [2.05, 4.69) is 12.2 Å². The van der Waals surface area contributed by atoms with Crippen LogP contribution in [0.5, 0.6) is 0 Å². The first-order valence-electron chi connectivity index (χ1n) is 8.37. The van der Waals surface area contributed by atoms with E-state index < -0.39 is 0 Å². The lowest BCUT2D eigenvalue weighted by Gasteiger charge is -2.27. The Balaban J connectivity index is 1.53. The Morgan fingerprint density at radius 1 is 1.29 bits per heavy atom. The second-order valence-electron chi connectivity index (χ2n) is 6.67. The second kappa shape index (κ2) is 7.15. The van der Waals surface area contributed by atoms with Gasteiger partial charge in [0.25, 0.3) is 0 Å². The quantitative estimate of drug-likeness (QED) is 0.731. The first-order valence-corrected chi connectivity index (χ1v) is 9.35. The van der Waals surface area contributed by atoms with Gasteiger partial charge in [0.1, 0.15) is 5.82 Å². The molecule has 2 aliphatic rings. The van der Waals surface area contributed by atoms with Crippen molar-refractivity contribution in [3.05, 3.63) is 30.1 Å². The second-order valence-corrected chi connectivity index (χ2v) is 7.73. The number of thioether (sulfide) groups is 1. The molecule has 21 heavy (non-hydrogen) atoms. The molecule has 0 saturated heterocycles. The van der Waals surface area contributed by atoms with Gasteiger partial charge >= 0.3 is 0 Å². The van der Waals surface area contributed by atoms with E-state index in [9.17, 15) is 4.39 Å². The van der Waals surface area contributed by atoms with Gasteiger partial charge in [-0.1, -0.05) is 25.5 Å². The molecule has 3 rings (SSSR count). The summed E-state index contributed by atoms with van der Waals surface area (Å²) in [6.07, 6.45) is 7.11. The molecule has 2 bridgehead atoms. The molecule has 0 aromatic heterocycles. The Labute approximate surface area is 132 Å². The third-order valence-electron chi connectivity index (χ3n) is 5.24. The largest absolute Gasteiger partial charge is 0.313 e. The van der Waals surface area contributed by atoms with E-state index in [0.29, 0.717) is 6.04 Å². The van der Waals surface area contributed by atoms with Gasteiger partial charge in [0.15, 0.2) is 0 Å². The maximum Gasteiger partial charge on any atom is 0.136 e. The van der Waals surface area contributed by atoms with Gasteiger partial charge in [0.2, 0.25) is 0 Å². The average Bonchev–Trinajstić information content (AvgIpc) is 3.09. The van der Waals surface area contributed by atoms with Crippen molar-refractivity contribution < 1.29 is 4.39 Å². The smallest absolute Gasteiger partial charge is 0.136 e. The van der Waals surface area contributed by atoms with Crippen molar-refractivity contribution in [1.29, 1.82) is 0 Å². The first-order chi connectivity index (χ1) is 10.3. The monoisotopic (exact) mass is 307 g/mol. The fraction of sp³-hybridized carbons (Fsp3) is 0.667. The van der Waals surface area contributed by atoms with Gasteiger partial charge in [-0.3, -0.25) is 0 Å². The predicted octanol–water partition coefficient (Wildman–Crippen LogP) is 4.72. The van der Waals surface area contributed by atoms with E-state index in [1.54, 1.807) is 23.9 Å². The molecule has 2 aliphatic carbocycles. The topological polar surface area (TPSA) is 12.0 Å². The SMILES string of the molecule is CCNC(CSc1ccccc1F)CC1CC2CCC1C2. The Bertz CT molecular complexity index is 464. The molecule has 0 aliphatic heterocycles. The summed E-state index contributed by atoms with van der Waals surface area (Å²) in [6, 6.07) is 7.64. The minimum atomic E-state index is -0.0855. The van der Waals surface area contributed by atoms with Crippen LogP contribution in [-0.2, 0) is 0 Å². The molecule has 0 spiro atoms. The number of benzene rings is 1. The number of nitrogens with one attached hydrogen (secondary N) is 1. The van der Waals surface area contributed by atoms with Gasteiger partial charge in [-0.2, -0.15) is 0 Å². The van der Waals surface area contributed by atoms with Crippen LogP contribution in [0, 0.1) is 23.6 Å². The zero-order valence-electron chi connectivity index (χ0n) is 12.9. The zero-order chi connectivity index (χ0) is 14.7. The zero-order valence-corrected chi connectivity index (χ0v) is 13.7. The molecule has 2 fully saturated rings. The Kier molecular flexibility index (Phi) is 5.23. The number of halogens is 1. The van der Waals surface area contributed by atoms with Gasteiger partial charge in [-0.25, -0.2) is 4.39 Å². The Hall–Kier alpha value is -0.540. The third kappa shape index (κ3) is 3.81. The molecule has 1 aromatic carbocycles. The highest BCUT2D eigenvalue weighted by Gasteiger charge is 2.39. The van der Waals surface area contributed by atoms with E-state index in [1.165, 1.54) is 32.1 Å². The molecule has 1 nitrogen and oxygen atoms in total. The average molecular weight is 307 g/mol. The fourth-order valence-electron chi connectivity index (χ4n) is 4.28. The normalized spacial score (nSPS) is 29.0. The van der Waals surface area contributed by atoms with E-state index in [1.807, 2.05) is 12.1 Å². The van der Waals surface area contributed by atoms with E-state index in [0.717, 1.165) is 34.9 Å². The molecule has 1 aromatic rings. The molecule has 0 radical (unpaired) electrons. The summed E-state index contributed by atoms with van der Waals surface area (Å²) in [5.41, 5.74) is 0. The predicted molar refractivity (Wildman–Crippen MR) is 88.1 cm³/mol. The highest BCUT2D eigenvalue weighted by atomic mass is 32.2. The van der Waals surface area contributed by atoms with Gasteiger partial charge in [0, 0.05) is 16.7 Å². The molecule has 4 atom stereocenters. The van der Waals surface area contributed by atoms with Crippen LogP contribution < -0.4 is 5.32 Å². The summed E-state index contributed by atoms with van der Waals surface area (Å²) in [4.78, 5) is 0.786. The van der Waals surface area contributed by atoms with Crippen LogP contribution in [0.25, 0.3) is 0 Å². The van der Waals surface area contributed by atoms with Crippen LogP contribution in [0.2, 0.25) is 0 Å². The van der Waals surface area contributed by atoms with Crippen LogP contribution in [0.4, 0.5) is 4.39 Å². The number of fused-ring (bicyclic) bond motifs is 2. The molecule has 2 saturated carbocycles. The summed E-state index contributed by atoms with van der Waals surface area (Å²) in [7, 11) is 0. The molecular formula is C18H26FNS. The molecular weight excluding hydrogens is 281 g/mol. The van der Waals surface area contributed by atoms with Crippen LogP contribution in [0.1, 0.15) is 39.0 Å². The summed E-state index contributed by atoms with van der Waals surface area (Å²) < 4.78 is 13.7. The summed E-state index contributed by atoms with van der Waals surface area (Å²) in [5, 5.41) is 3.62. The molecule has 0 amide bonds. The van der Waals surface area contributed by atoms with Crippen molar-refractivity contribution in [2.45, 2.75) is 50.0 Å². The van der Waals surface area contributed by atoms with Gasteiger partial charge in [-0.15, -0.1) is 11.8 Å². The maximum atomic E-state index is 13.7. The van der Waals surface area contributed by atoms with E-state index >= 15 is 0 Å². The Morgan fingerprint density at radius 2 is 2.14 bits per heavy atom. The lowest BCUT2D eigenvalue weighted by atomic mass is 9.84. The van der Waals surface area contributed by atoms with Crippen LogP contribution in [-0.4, -0.2) is 18.3 Å². The number of hydrogen-bond donors (Lipinski definition) is 1. The third-order valence-corrected chi connectivity index (χ3v) is 6.45. The minimum Gasteiger partial charge on any atom is -0.313 e. The molecule has 4 unspecified atom stereocenters. The molecule has 0 heterocycles. The minimum absolute atomic E-state index is 0.0855. The van der Waals surface area contributed by atoms with E-state index in [4.69, 9.17) is 0 Å². The van der Waals surface area contributed by atoms with Crippen LogP contribution in [0.3, 0.4) is 0 Å². The van der Waals surface area contributed by atoms with Crippen molar-refractivity contribution in [2.75, 3.05) is 12.3 Å². The Morgan fingerprint density at radius 3 is 2.81 bits per heavy atom. The first kappa shape index (κ1) is 15.4. The molecule has 3 heteroatoms. The lowest BCUT2D eigenvalue weighted by molar-refractivity contribution is 0.287. The summed E-state index contributed by atoms with van der Waals surface area (Å²) in [5.74, 6) is 3.80. The highest BCUT2D eigenvalue weighted by Crippen LogP contribution is 2.50. The van der Waals surface area contributed by atoms with Gasteiger partial charge in [-0.05, 0) is 62.1 Å². The van der Waals surface area contributed by atoms with E-state index in [-0.39, 0.29) is 5.82 Å². The number of hydrogen-bond acceptors (Lipinski definition) is 2. The van der Waals surface area contributed by atoms with Crippen molar-refractivity contribution >= 4 is 11.8 Å². The fourth-order valence-corrected chi connectivity index (χ4v) is 5.30. The van der Waals surface area contributed by atoms with Gasteiger partial charge < -0.3 is 5.32 Å². The van der Waals surface area contributed by atoms with Gasteiger partial charge in [0.05, 0.1) is 0 Å². The molecule has 116 valence electrons. The van der Waals surface area contributed by atoms with Crippen molar-refractivity contribution in [1.82, 2.24) is 5.32 Å².